The van der Waals surface area contributed by atoms with Crippen molar-refractivity contribution in [3.8, 4) is 0 Å². The van der Waals surface area contributed by atoms with E-state index in [4.69, 9.17) is 4.74 Å². The van der Waals surface area contributed by atoms with Crippen LogP contribution in [0, 0.1) is 0 Å². The highest BCUT2D eigenvalue weighted by Crippen LogP contribution is 2.28. The average molecular weight is 329 g/mol. The van der Waals surface area contributed by atoms with Gasteiger partial charge in [0, 0.05) is 37.3 Å². The van der Waals surface area contributed by atoms with E-state index in [1.54, 1.807) is 7.11 Å². The molecule has 4 heteroatoms. The largest absolute Gasteiger partial charge is 0.383 e. The molecule has 1 atom stereocenters. The van der Waals surface area contributed by atoms with Gasteiger partial charge in [0.2, 0.25) is 0 Å². The minimum atomic E-state index is 0.348. The Morgan fingerprint density at radius 1 is 1.32 bits per heavy atom. The van der Waals surface area contributed by atoms with Gasteiger partial charge in [0.15, 0.2) is 0 Å². The van der Waals surface area contributed by atoms with E-state index in [0.29, 0.717) is 12.1 Å². The lowest BCUT2D eigenvalue weighted by molar-refractivity contribution is 0.183. The van der Waals surface area contributed by atoms with Crippen molar-refractivity contribution in [2.45, 2.75) is 39.4 Å². The molecule has 0 radical (unpaired) electrons. The number of nitrogens with one attached hydrogen (secondary N) is 1. The number of methoxy groups -OCH3 is 1. The molecule has 0 fully saturated rings. The maximum absolute atomic E-state index is 5.21. The number of hydrogen-bond donors (Lipinski definition) is 1. The summed E-state index contributed by atoms with van der Waals surface area (Å²) in [5.74, 6) is 0. The van der Waals surface area contributed by atoms with Crippen molar-refractivity contribution in [1.29, 1.82) is 0 Å². The second-order valence-corrected chi connectivity index (χ2v) is 6.09. The van der Waals surface area contributed by atoms with Crippen LogP contribution >= 0.6 is 15.9 Å². The van der Waals surface area contributed by atoms with Crippen LogP contribution in [0.15, 0.2) is 22.7 Å². The second-order valence-electron chi connectivity index (χ2n) is 5.24. The molecule has 0 spiro atoms. The zero-order chi connectivity index (χ0) is 14.4. The third-order valence-corrected chi connectivity index (χ3v) is 3.81. The topological polar surface area (TPSA) is 24.5 Å². The Balaban J connectivity index is 2.76. The molecular weight excluding hydrogens is 304 g/mol. The van der Waals surface area contributed by atoms with Crippen molar-refractivity contribution in [3.05, 3.63) is 28.2 Å². The molecule has 0 saturated heterocycles. The summed E-state index contributed by atoms with van der Waals surface area (Å²) < 4.78 is 6.33. The molecule has 1 aromatic carbocycles. The maximum atomic E-state index is 5.21. The van der Waals surface area contributed by atoms with Crippen LogP contribution in [0.25, 0.3) is 0 Å². The number of halogens is 1. The van der Waals surface area contributed by atoms with Gasteiger partial charge < -0.3 is 15.0 Å². The van der Waals surface area contributed by atoms with Gasteiger partial charge in [0.1, 0.15) is 0 Å². The Morgan fingerprint density at radius 2 is 2.00 bits per heavy atom. The molecule has 1 rings (SSSR count). The first kappa shape index (κ1) is 16.5. The lowest BCUT2D eigenvalue weighted by Crippen LogP contribution is -2.32. The summed E-state index contributed by atoms with van der Waals surface area (Å²) in [5, 5.41) is 3.43. The van der Waals surface area contributed by atoms with Gasteiger partial charge in [0.05, 0.1) is 12.3 Å². The molecule has 0 aromatic heterocycles. The van der Waals surface area contributed by atoms with Gasteiger partial charge in [-0.2, -0.15) is 0 Å². The van der Waals surface area contributed by atoms with E-state index in [9.17, 15) is 0 Å². The monoisotopic (exact) mass is 328 g/mol. The molecule has 0 amide bonds. The van der Waals surface area contributed by atoms with Crippen LogP contribution in [-0.4, -0.2) is 32.8 Å². The predicted molar refractivity (Wildman–Crippen MR) is 85.9 cm³/mol. The molecule has 0 saturated carbocycles. The first-order chi connectivity index (χ1) is 8.95. The van der Waals surface area contributed by atoms with E-state index in [1.807, 2.05) is 0 Å². The molecule has 1 aromatic rings. The third kappa shape index (κ3) is 5.13. The van der Waals surface area contributed by atoms with Gasteiger partial charge in [-0.25, -0.2) is 0 Å². The van der Waals surface area contributed by atoms with E-state index >= 15 is 0 Å². The zero-order valence-electron chi connectivity index (χ0n) is 12.5. The number of hydrogen-bond acceptors (Lipinski definition) is 3. The van der Waals surface area contributed by atoms with Crippen LogP contribution in [0.5, 0.6) is 0 Å². The zero-order valence-corrected chi connectivity index (χ0v) is 14.1. The van der Waals surface area contributed by atoms with Crippen molar-refractivity contribution >= 4 is 21.6 Å². The minimum Gasteiger partial charge on any atom is -0.383 e. The highest BCUT2D eigenvalue weighted by Gasteiger charge is 2.12. The van der Waals surface area contributed by atoms with E-state index in [0.717, 1.165) is 17.6 Å². The van der Waals surface area contributed by atoms with Gasteiger partial charge in [-0.3, -0.25) is 0 Å². The minimum absolute atomic E-state index is 0.348. The summed E-state index contributed by atoms with van der Waals surface area (Å²) in [5.41, 5.74) is 2.48. The smallest absolute Gasteiger partial charge is 0.0663 e. The molecule has 0 aliphatic rings. The molecule has 1 N–H and O–H groups in total. The van der Waals surface area contributed by atoms with Crippen molar-refractivity contribution in [1.82, 2.24) is 5.32 Å². The second kappa shape index (κ2) is 7.88. The maximum Gasteiger partial charge on any atom is 0.0663 e. The van der Waals surface area contributed by atoms with E-state index in [1.165, 1.54) is 11.3 Å². The molecule has 0 aliphatic heterocycles. The standard InChI is InChI=1S/C15H25BrN2O/c1-11(2)17-9-13-6-7-15(14(16)8-13)18(4)12(3)10-19-5/h6-8,11-12,17H,9-10H2,1-5H3. The predicted octanol–water partition coefficient (Wildman–Crippen LogP) is 3.42. The highest BCUT2D eigenvalue weighted by molar-refractivity contribution is 9.10. The SMILES string of the molecule is COCC(C)N(C)c1ccc(CNC(C)C)cc1Br. The van der Waals surface area contributed by atoms with E-state index < -0.39 is 0 Å². The van der Waals surface area contributed by atoms with Gasteiger partial charge in [-0.1, -0.05) is 19.9 Å². The molecule has 0 aliphatic carbocycles. The van der Waals surface area contributed by atoms with Crippen LogP contribution < -0.4 is 10.2 Å². The summed E-state index contributed by atoms with van der Waals surface area (Å²) in [6.45, 7) is 8.09. The van der Waals surface area contributed by atoms with E-state index in [-0.39, 0.29) is 0 Å². The number of benzene rings is 1. The number of ether oxygens (including phenoxy) is 1. The molecule has 1 unspecified atom stereocenters. The molecule has 0 bridgehead atoms. The number of rotatable bonds is 7. The Morgan fingerprint density at radius 3 is 2.53 bits per heavy atom. The summed E-state index contributed by atoms with van der Waals surface area (Å²) in [6, 6.07) is 7.36. The lowest BCUT2D eigenvalue weighted by atomic mass is 10.1. The fourth-order valence-corrected chi connectivity index (χ4v) is 2.56. The van der Waals surface area contributed by atoms with Gasteiger partial charge in [-0.15, -0.1) is 0 Å². The van der Waals surface area contributed by atoms with Crippen molar-refractivity contribution in [3.63, 3.8) is 0 Å². The first-order valence-electron chi connectivity index (χ1n) is 6.69. The average Bonchev–Trinajstić information content (AvgIpc) is 2.36. The van der Waals surface area contributed by atoms with Gasteiger partial charge >= 0.3 is 0 Å². The number of likely N-dealkylation sites (N-methyl/N-ethyl adjacent to an activating group) is 1. The molecule has 108 valence electrons. The Labute approximate surface area is 125 Å². The summed E-state index contributed by atoms with van der Waals surface area (Å²) in [7, 11) is 3.83. The molecular formula is C15H25BrN2O. The Kier molecular flexibility index (Phi) is 6.83. The first-order valence-corrected chi connectivity index (χ1v) is 7.48. The van der Waals surface area contributed by atoms with Crippen molar-refractivity contribution in [2.24, 2.45) is 0 Å². The summed E-state index contributed by atoms with van der Waals surface area (Å²) in [6.07, 6.45) is 0. The Hall–Kier alpha value is -0.580. The number of anilines is 1. The van der Waals surface area contributed by atoms with Crippen LogP contribution in [0.1, 0.15) is 26.3 Å². The Bertz CT molecular complexity index is 396. The van der Waals surface area contributed by atoms with E-state index in [2.05, 4.69) is 72.2 Å². The quantitative estimate of drug-likeness (QED) is 0.830. The van der Waals surface area contributed by atoms with Crippen LogP contribution in [-0.2, 0) is 11.3 Å². The van der Waals surface area contributed by atoms with Gasteiger partial charge in [0.25, 0.3) is 0 Å². The fraction of sp³-hybridized carbons (Fsp3) is 0.600. The lowest BCUT2D eigenvalue weighted by Gasteiger charge is -2.27. The fourth-order valence-electron chi connectivity index (χ4n) is 1.86. The van der Waals surface area contributed by atoms with Crippen LogP contribution in [0.2, 0.25) is 0 Å². The summed E-state index contributed by atoms with van der Waals surface area (Å²) in [4.78, 5) is 2.23. The molecule has 3 nitrogen and oxygen atoms in total. The summed E-state index contributed by atoms with van der Waals surface area (Å²) >= 11 is 3.66. The number of nitrogens with zero attached hydrogens (tertiary/aromatic N) is 1. The van der Waals surface area contributed by atoms with Gasteiger partial charge in [-0.05, 0) is 40.5 Å². The highest BCUT2D eigenvalue weighted by atomic mass is 79.9. The third-order valence-electron chi connectivity index (χ3n) is 3.18. The van der Waals surface area contributed by atoms with Crippen LogP contribution in [0.4, 0.5) is 5.69 Å². The molecule has 19 heavy (non-hydrogen) atoms. The molecule has 0 heterocycles. The van der Waals surface area contributed by atoms with Crippen molar-refractivity contribution < 1.29 is 4.74 Å². The van der Waals surface area contributed by atoms with Crippen molar-refractivity contribution in [2.75, 3.05) is 25.7 Å². The van der Waals surface area contributed by atoms with Crippen LogP contribution in [0.3, 0.4) is 0 Å². The normalized spacial score (nSPS) is 12.8.